The smallest absolute Gasteiger partial charge is 0.227 e. The van der Waals surface area contributed by atoms with Gasteiger partial charge in [-0.3, -0.25) is 9.78 Å². The minimum atomic E-state index is 0.131. The number of nitrogens with zero attached hydrogens (tertiary/aromatic N) is 3. The third-order valence-electron chi connectivity index (χ3n) is 4.72. The summed E-state index contributed by atoms with van der Waals surface area (Å²) in [5.74, 6) is 0.275. The summed E-state index contributed by atoms with van der Waals surface area (Å²) in [5.41, 5.74) is 5.05. The van der Waals surface area contributed by atoms with Crippen LogP contribution >= 0.6 is 0 Å². The average molecular weight is 349 g/mol. The first-order chi connectivity index (χ1) is 12.4. The van der Waals surface area contributed by atoms with Gasteiger partial charge in [0.15, 0.2) is 0 Å². The quantitative estimate of drug-likeness (QED) is 0.754. The van der Waals surface area contributed by atoms with Crippen molar-refractivity contribution in [1.82, 2.24) is 9.88 Å². The molecule has 0 radical (unpaired) electrons. The molecule has 2 aromatic rings. The van der Waals surface area contributed by atoms with Crippen molar-refractivity contribution in [1.29, 1.82) is 5.26 Å². The molecule has 1 unspecified atom stereocenters. The summed E-state index contributed by atoms with van der Waals surface area (Å²) in [7, 11) is 0. The lowest BCUT2D eigenvalue weighted by atomic mass is 10.00. The Kier molecular flexibility index (Phi) is 6.91. The first kappa shape index (κ1) is 19.7. The maximum Gasteiger partial charge on any atom is 0.227 e. The number of amides is 1. The maximum atomic E-state index is 12.8. The molecule has 26 heavy (non-hydrogen) atoms. The molecule has 0 saturated carbocycles. The molecule has 2 rings (SSSR count). The van der Waals surface area contributed by atoms with Gasteiger partial charge in [-0.05, 0) is 48.6 Å². The molecule has 0 aliphatic heterocycles. The summed E-state index contributed by atoms with van der Waals surface area (Å²) >= 11 is 0. The standard InChI is InChI=1S/C22H27N3O/c1-5-8-25(15-18(4)21-10-20(12-23)13-24-14-21)22(26)11-19-7-6-16(2)17(3)9-19/h6-7,9-10,13-14,18H,5,8,11,15H2,1-4H3. The summed E-state index contributed by atoms with van der Waals surface area (Å²) in [6.45, 7) is 9.68. The van der Waals surface area contributed by atoms with Gasteiger partial charge >= 0.3 is 0 Å². The van der Waals surface area contributed by atoms with E-state index in [0.29, 0.717) is 18.5 Å². The van der Waals surface area contributed by atoms with Gasteiger partial charge in [-0.25, -0.2) is 0 Å². The number of hydrogen-bond donors (Lipinski definition) is 0. The van der Waals surface area contributed by atoms with Crippen LogP contribution in [0.5, 0.6) is 0 Å². The zero-order valence-electron chi connectivity index (χ0n) is 16.1. The van der Waals surface area contributed by atoms with Crippen LogP contribution in [0, 0.1) is 25.2 Å². The van der Waals surface area contributed by atoms with Crippen LogP contribution in [0.4, 0.5) is 0 Å². The number of aryl methyl sites for hydroxylation is 2. The molecule has 0 aliphatic carbocycles. The zero-order chi connectivity index (χ0) is 19.1. The van der Waals surface area contributed by atoms with E-state index in [-0.39, 0.29) is 11.8 Å². The van der Waals surface area contributed by atoms with Crippen molar-refractivity contribution in [2.45, 2.75) is 46.5 Å². The van der Waals surface area contributed by atoms with E-state index in [1.54, 1.807) is 12.4 Å². The van der Waals surface area contributed by atoms with E-state index in [1.165, 1.54) is 11.1 Å². The van der Waals surface area contributed by atoms with E-state index in [1.807, 2.05) is 17.0 Å². The maximum absolute atomic E-state index is 12.8. The molecule has 0 bridgehead atoms. The lowest BCUT2D eigenvalue weighted by molar-refractivity contribution is -0.130. The minimum absolute atomic E-state index is 0.131. The summed E-state index contributed by atoms with van der Waals surface area (Å²) in [6, 6.07) is 10.2. The van der Waals surface area contributed by atoms with Crippen molar-refractivity contribution < 1.29 is 4.79 Å². The Bertz CT molecular complexity index is 807. The van der Waals surface area contributed by atoms with Crippen LogP contribution in [0.25, 0.3) is 0 Å². The number of carbonyl (C=O) groups excluding carboxylic acids is 1. The second-order valence-electron chi connectivity index (χ2n) is 6.95. The molecule has 4 nitrogen and oxygen atoms in total. The summed E-state index contributed by atoms with van der Waals surface area (Å²) in [4.78, 5) is 18.9. The highest BCUT2D eigenvalue weighted by Crippen LogP contribution is 2.18. The number of benzene rings is 1. The SMILES string of the molecule is CCCN(CC(C)c1cncc(C#N)c1)C(=O)Cc1ccc(C)c(C)c1. The Morgan fingerprint density at radius 3 is 2.65 bits per heavy atom. The van der Waals surface area contributed by atoms with Crippen molar-refractivity contribution >= 4 is 5.91 Å². The number of hydrogen-bond acceptors (Lipinski definition) is 3. The van der Waals surface area contributed by atoms with Crippen molar-refractivity contribution in [2.24, 2.45) is 0 Å². The van der Waals surface area contributed by atoms with Gasteiger partial charge in [0.05, 0.1) is 12.0 Å². The van der Waals surface area contributed by atoms with Crippen LogP contribution in [0.2, 0.25) is 0 Å². The molecular formula is C22H27N3O. The predicted molar refractivity (Wildman–Crippen MR) is 104 cm³/mol. The molecule has 1 atom stereocenters. The number of carbonyl (C=O) groups is 1. The van der Waals surface area contributed by atoms with Gasteiger partial charge < -0.3 is 4.90 Å². The fraction of sp³-hybridized carbons (Fsp3) is 0.409. The highest BCUT2D eigenvalue weighted by Gasteiger charge is 2.18. The molecule has 1 amide bonds. The molecule has 1 heterocycles. The van der Waals surface area contributed by atoms with E-state index in [9.17, 15) is 4.79 Å². The Morgan fingerprint density at radius 2 is 2.00 bits per heavy atom. The second-order valence-corrected chi connectivity index (χ2v) is 6.95. The van der Waals surface area contributed by atoms with Crippen LogP contribution in [0.15, 0.2) is 36.7 Å². The number of pyridine rings is 1. The molecule has 0 fully saturated rings. The highest BCUT2D eigenvalue weighted by molar-refractivity contribution is 5.79. The molecule has 0 saturated heterocycles. The molecule has 136 valence electrons. The monoisotopic (exact) mass is 349 g/mol. The van der Waals surface area contributed by atoms with Crippen LogP contribution in [-0.2, 0) is 11.2 Å². The second kappa shape index (κ2) is 9.15. The molecular weight excluding hydrogens is 322 g/mol. The van der Waals surface area contributed by atoms with E-state index < -0.39 is 0 Å². The van der Waals surface area contributed by atoms with E-state index in [0.717, 1.165) is 24.1 Å². The van der Waals surface area contributed by atoms with Gasteiger partial charge in [0.2, 0.25) is 5.91 Å². The van der Waals surface area contributed by atoms with Crippen molar-refractivity contribution in [3.63, 3.8) is 0 Å². The lowest BCUT2D eigenvalue weighted by Crippen LogP contribution is -2.36. The normalized spacial score (nSPS) is 11.7. The Morgan fingerprint density at radius 1 is 1.23 bits per heavy atom. The first-order valence-electron chi connectivity index (χ1n) is 9.13. The topological polar surface area (TPSA) is 57.0 Å². The van der Waals surface area contributed by atoms with Gasteiger partial charge in [0, 0.05) is 31.4 Å². The first-order valence-corrected chi connectivity index (χ1v) is 9.13. The minimum Gasteiger partial charge on any atom is -0.342 e. The molecule has 0 aliphatic rings. The third kappa shape index (κ3) is 5.16. The van der Waals surface area contributed by atoms with Gasteiger partial charge in [0.1, 0.15) is 6.07 Å². The van der Waals surface area contributed by atoms with Crippen molar-refractivity contribution in [3.05, 3.63) is 64.5 Å². The van der Waals surface area contributed by atoms with Crippen LogP contribution in [0.3, 0.4) is 0 Å². The Hall–Kier alpha value is -2.67. The fourth-order valence-electron chi connectivity index (χ4n) is 3.01. The molecule has 1 aromatic heterocycles. The van der Waals surface area contributed by atoms with Gasteiger partial charge in [-0.2, -0.15) is 5.26 Å². The Labute approximate surface area is 156 Å². The summed E-state index contributed by atoms with van der Waals surface area (Å²) in [6.07, 6.45) is 4.68. The Balaban J connectivity index is 2.10. The summed E-state index contributed by atoms with van der Waals surface area (Å²) in [5, 5.41) is 9.05. The molecule has 4 heteroatoms. The van der Waals surface area contributed by atoms with Crippen LogP contribution in [-0.4, -0.2) is 28.9 Å². The van der Waals surface area contributed by atoms with E-state index in [4.69, 9.17) is 5.26 Å². The fourth-order valence-corrected chi connectivity index (χ4v) is 3.01. The van der Waals surface area contributed by atoms with Crippen molar-refractivity contribution in [2.75, 3.05) is 13.1 Å². The zero-order valence-corrected chi connectivity index (χ0v) is 16.1. The van der Waals surface area contributed by atoms with Gasteiger partial charge in [-0.1, -0.05) is 32.0 Å². The molecule has 1 aromatic carbocycles. The molecule has 0 spiro atoms. The number of nitriles is 1. The van der Waals surface area contributed by atoms with Crippen molar-refractivity contribution in [3.8, 4) is 6.07 Å². The third-order valence-corrected chi connectivity index (χ3v) is 4.72. The van der Waals surface area contributed by atoms with Gasteiger partial charge in [0.25, 0.3) is 0 Å². The number of rotatable bonds is 7. The van der Waals surface area contributed by atoms with E-state index in [2.05, 4.69) is 50.9 Å². The van der Waals surface area contributed by atoms with Crippen LogP contribution < -0.4 is 0 Å². The summed E-state index contributed by atoms with van der Waals surface area (Å²) < 4.78 is 0. The molecule has 0 N–H and O–H groups in total. The number of aromatic nitrogens is 1. The van der Waals surface area contributed by atoms with E-state index >= 15 is 0 Å². The van der Waals surface area contributed by atoms with Crippen LogP contribution in [0.1, 0.15) is 54.0 Å². The highest BCUT2D eigenvalue weighted by atomic mass is 16.2. The van der Waals surface area contributed by atoms with Gasteiger partial charge in [-0.15, -0.1) is 0 Å². The largest absolute Gasteiger partial charge is 0.342 e. The average Bonchev–Trinajstić information content (AvgIpc) is 2.64. The lowest BCUT2D eigenvalue weighted by Gasteiger charge is -2.26. The predicted octanol–water partition coefficient (Wildman–Crippen LogP) is 4.15.